The minimum absolute atomic E-state index is 0.467. The molecule has 1 N–H and O–H groups in total. The Morgan fingerprint density at radius 2 is 2.24 bits per heavy atom. The van der Waals surface area contributed by atoms with Crippen LogP contribution in [0.15, 0.2) is 36.5 Å². The van der Waals surface area contributed by atoms with Crippen LogP contribution in [0.3, 0.4) is 0 Å². The third kappa shape index (κ3) is 3.02. The lowest BCUT2D eigenvalue weighted by molar-refractivity contribution is 0.0887. The normalized spacial score (nSPS) is 12.8. The maximum atomic E-state index is 10.0. The van der Waals surface area contributed by atoms with Gasteiger partial charge in [-0.25, -0.2) is 0 Å². The molecule has 1 unspecified atom stereocenters. The minimum atomic E-state index is -0.467. The summed E-state index contributed by atoms with van der Waals surface area (Å²) in [5.74, 6) is 0. The van der Waals surface area contributed by atoms with Crippen LogP contribution in [0.25, 0.3) is 10.9 Å². The molecular formula is C14H17NO2. The molecule has 0 radical (unpaired) electrons. The molecule has 1 atom stereocenters. The van der Waals surface area contributed by atoms with Crippen LogP contribution in [0.1, 0.15) is 25.0 Å². The van der Waals surface area contributed by atoms with Crippen LogP contribution in [0.5, 0.6) is 0 Å². The zero-order valence-electron chi connectivity index (χ0n) is 9.97. The van der Waals surface area contributed by atoms with Crippen LogP contribution in [0, 0.1) is 0 Å². The summed E-state index contributed by atoms with van der Waals surface area (Å²) in [7, 11) is 0. The van der Waals surface area contributed by atoms with Gasteiger partial charge in [-0.1, -0.05) is 12.1 Å². The van der Waals surface area contributed by atoms with Gasteiger partial charge < -0.3 is 9.84 Å². The first kappa shape index (κ1) is 12.0. The van der Waals surface area contributed by atoms with Crippen molar-refractivity contribution in [1.29, 1.82) is 0 Å². The molecule has 1 heterocycles. The van der Waals surface area contributed by atoms with Gasteiger partial charge in [0.05, 0.1) is 11.6 Å². The smallest absolute Gasteiger partial charge is 0.0812 e. The van der Waals surface area contributed by atoms with E-state index in [9.17, 15) is 5.11 Å². The van der Waals surface area contributed by atoms with Gasteiger partial charge in [0, 0.05) is 31.2 Å². The summed E-state index contributed by atoms with van der Waals surface area (Å²) in [5.41, 5.74) is 1.87. The molecule has 3 heteroatoms. The van der Waals surface area contributed by atoms with E-state index in [2.05, 4.69) is 4.98 Å². The van der Waals surface area contributed by atoms with Crippen LogP contribution in [-0.2, 0) is 4.74 Å². The quantitative estimate of drug-likeness (QED) is 0.804. The molecule has 0 aliphatic rings. The van der Waals surface area contributed by atoms with E-state index in [1.807, 2.05) is 37.3 Å². The third-order valence-electron chi connectivity index (χ3n) is 2.75. The summed E-state index contributed by atoms with van der Waals surface area (Å²) in [5, 5.41) is 11.1. The molecule has 2 aromatic rings. The second-order valence-corrected chi connectivity index (χ2v) is 3.96. The van der Waals surface area contributed by atoms with Crippen molar-refractivity contribution >= 4 is 10.9 Å². The summed E-state index contributed by atoms with van der Waals surface area (Å²) < 4.78 is 5.24. The number of ether oxygens (including phenoxy) is 1. The Morgan fingerprint density at radius 1 is 1.35 bits per heavy atom. The van der Waals surface area contributed by atoms with E-state index < -0.39 is 6.10 Å². The SMILES string of the molecule is CCOCCC(O)c1ccc2ncccc2c1. The van der Waals surface area contributed by atoms with Gasteiger partial charge in [-0.3, -0.25) is 4.98 Å². The Morgan fingerprint density at radius 3 is 3.06 bits per heavy atom. The summed E-state index contributed by atoms with van der Waals surface area (Å²) in [4.78, 5) is 4.25. The fraction of sp³-hybridized carbons (Fsp3) is 0.357. The van der Waals surface area contributed by atoms with Crippen LogP contribution in [-0.4, -0.2) is 23.3 Å². The minimum Gasteiger partial charge on any atom is -0.388 e. The van der Waals surface area contributed by atoms with Gasteiger partial charge in [0.15, 0.2) is 0 Å². The van der Waals surface area contributed by atoms with Gasteiger partial charge in [0.2, 0.25) is 0 Å². The lowest BCUT2D eigenvalue weighted by Crippen LogP contribution is -2.03. The predicted molar refractivity (Wildman–Crippen MR) is 67.8 cm³/mol. The van der Waals surface area contributed by atoms with Crippen molar-refractivity contribution in [3.63, 3.8) is 0 Å². The second-order valence-electron chi connectivity index (χ2n) is 3.96. The first-order chi connectivity index (χ1) is 8.31. The van der Waals surface area contributed by atoms with Crippen molar-refractivity contribution in [2.45, 2.75) is 19.4 Å². The number of nitrogens with zero attached hydrogens (tertiary/aromatic N) is 1. The van der Waals surface area contributed by atoms with E-state index >= 15 is 0 Å². The average Bonchev–Trinajstić information content (AvgIpc) is 2.38. The molecule has 0 spiro atoms. The standard InChI is InChI=1S/C14H17NO2/c1-2-17-9-7-14(16)12-5-6-13-11(10-12)4-3-8-15-13/h3-6,8,10,14,16H,2,7,9H2,1H3. The lowest BCUT2D eigenvalue weighted by atomic mass is 10.0. The number of aliphatic hydroxyl groups is 1. The highest BCUT2D eigenvalue weighted by Gasteiger charge is 2.07. The van der Waals surface area contributed by atoms with E-state index in [0.29, 0.717) is 19.6 Å². The highest BCUT2D eigenvalue weighted by Crippen LogP contribution is 2.21. The van der Waals surface area contributed by atoms with Gasteiger partial charge in [-0.2, -0.15) is 0 Å². The molecule has 2 rings (SSSR count). The number of benzene rings is 1. The number of pyridine rings is 1. The molecule has 1 aromatic carbocycles. The fourth-order valence-corrected chi connectivity index (χ4v) is 1.81. The molecule has 3 nitrogen and oxygen atoms in total. The monoisotopic (exact) mass is 231 g/mol. The average molecular weight is 231 g/mol. The number of aromatic nitrogens is 1. The van der Waals surface area contributed by atoms with Gasteiger partial charge in [-0.15, -0.1) is 0 Å². The van der Waals surface area contributed by atoms with Crippen molar-refractivity contribution in [2.75, 3.05) is 13.2 Å². The highest BCUT2D eigenvalue weighted by molar-refractivity contribution is 5.78. The maximum Gasteiger partial charge on any atom is 0.0812 e. The molecular weight excluding hydrogens is 214 g/mol. The largest absolute Gasteiger partial charge is 0.388 e. The van der Waals surface area contributed by atoms with E-state index in [1.165, 1.54) is 0 Å². The Kier molecular flexibility index (Phi) is 4.07. The zero-order valence-corrected chi connectivity index (χ0v) is 9.97. The van der Waals surface area contributed by atoms with Crippen molar-refractivity contribution < 1.29 is 9.84 Å². The Bertz CT molecular complexity index is 484. The molecule has 0 fully saturated rings. The topological polar surface area (TPSA) is 42.4 Å². The van der Waals surface area contributed by atoms with Crippen molar-refractivity contribution in [3.05, 3.63) is 42.1 Å². The second kappa shape index (κ2) is 5.75. The Balaban J connectivity index is 2.12. The van der Waals surface area contributed by atoms with Crippen molar-refractivity contribution in [3.8, 4) is 0 Å². The van der Waals surface area contributed by atoms with E-state index in [0.717, 1.165) is 16.5 Å². The van der Waals surface area contributed by atoms with Gasteiger partial charge in [-0.05, 0) is 30.7 Å². The third-order valence-corrected chi connectivity index (χ3v) is 2.75. The van der Waals surface area contributed by atoms with Crippen molar-refractivity contribution in [2.24, 2.45) is 0 Å². The molecule has 0 aliphatic carbocycles. The van der Waals surface area contributed by atoms with Gasteiger partial charge in [0.1, 0.15) is 0 Å². The molecule has 0 amide bonds. The molecule has 0 bridgehead atoms. The fourth-order valence-electron chi connectivity index (χ4n) is 1.81. The number of hydrogen-bond acceptors (Lipinski definition) is 3. The summed E-state index contributed by atoms with van der Waals surface area (Å²) >= 11 is 0. The molecule has 0 saturated heterocycles. The van der Waals surface area contributed by atoms with E-state index in [-0.39, 0.29) is 0 Å². The van der Waals surface area contributed by atoms with Gasteiger partial charge >= 0.3 is 0 Å². The summed E-state index contributed by atoms with van der Waals surface area (Å²) in [6, 6.07) is 9.75. The molecule has 17 heavy (non-hydrogen) atoms. The predicted octanol–water partition coefficient (Wildman–Crippen LogP) is 2.69. The first-order valence-corrected chi connectivity index (χ1v) is 5.91. The van der Waals surface area contributed by atoms with E-state index in [1.54, 1.807) is 6.20 Å². The van der Waals surface area contributed by atoms with Crippen molar-refractivity contribution in [1.82, 2.24) is 4.98 Å². The molecule has 1 aromatic heterocycles. The zero-order chi connectivity index (χ0) is 12.1. The lowest BCUT2D eigenvalue weighted by Gasteiger charge is -2.11. The maximum absolute atomic E-state index is 10.0. The summed E-state index contributed by atoms with van der Waals surface area (Å²) in [6.45, 7) is 3.23. The number of fused-ring (bicyclic) bond motifs is 1. The highest BCUT2D eigenvalue weighted by atomic mass is 16.5. The number of hydrogen-bond donors (Lipinski definition) is 1. The van der Waals surface area contributed by atoms with Gasteiger partial charge in [0.25, 0.3) is 0 Å². The number of aliphatic hydroxyl groups excluding tert-OH is 1. The molecule has 0 saturated carbocycles. The first-order valence-electron chi connectivity index (χ1n) is 5.91. The van der Waals surface area contributed by atoms with E-state index in [4.69, 9.17) is 4.74 Å². The van der Waals surface area contributed by atoms with Crippen LogP contribution in [0.4, 0.5) is 0 Å². The summed E-state index contributed by atoms with van der Waals surface area (Å²) in [6.07, 6.45) is 1.93. The molecule has 90 valence electrons. The number of rotatable bonds is 5. The molecule has 0 aliphatic heterocycles. The van der Waals surface area contributed by atoms with Crippen LogP contribution in [0.2, 0.25) is 0 Å². The van der Waals surface area contributed by atoms with Crippen LogP contribution < -0.4 is 0 Å². The Hall–Kier alpha value is -1.45. The Labute approximate surface area is 101 Å². The van der Waals surface area contributed by atoms with Crippen LogP contribution >= 0.6 is 0 Å².